The highest BCUT2D eigenvalue weighted by atomic mass is 35.5. The van der Waals surface area contributed by atoms with Crippen LogP contribution in [0.1, 0.15) is 38.4 Å². The van der Waals surface area contributed by atoms with Crippen LogP contribution >= 0.6 is 11.6 Å². The average molecular weight is 398 g/mol. The number of carbonyl (C=O) groups is 2. The number of hydrogen-bond donors (Lipinski definition) is 4. The molecule has 1 saturated heterocycles. The molecule has 1 aromatic rings. The molecule has 0 spiro atoms. The van der Waals surface area contributed by atoms with Crippen molar-refractivity contribution in [2.24, 2.45) is 5.73 Å². The van der Waals surface area contributed by atoms with E-state index in [9.17, 15) is 23.5 Å². The molecule has 1 aliphatic heterocycles. The molecule has 0 bridgehead atoms. The van der Waals surface area contributed by atoms with Crippen molar-refractivity contribution < 1.29 is 38.6 Å². The third-order valence-electron chi connectivity index (χ3n) is 3.20. The van der Waals surface area contributed by atoms with Gasteiger partial charge in [-0.2, -0.15) is 8.78 Å². The van der Waals surface area contributed by atoms with Gasteiger partial charge in [0.15, 0.2) is 12.1 Å². The van der Waals surface area contributed by atoms with Crippen LogP contribution in [0.2, 0.25) is 5.02 Å². The standard InChI is InChI=1S/C9H7ClF2O4.C5H10N2O.C2H6/c10-5-1-4(7(13)8(14)15)2-6(3-5)16-9(11)12;6-5(8)4-2-1-3-7-4;1-2/h1-3,7,9,13H,(H,14,15);4,7H,1-3H2,(H2,6,8);1-2H3/p+1/t;4-;/m.1./s1. The van der Waals surface area contributed by atoms with E-state index in [-0.39, 0.29) is 28.3 Å². The van der Waals surface area contributed by atoms with E-state index in [1.807, 2.05) is 19.2 Å². The van der Waals surface area contributed by atoms with Gasteiger partial charge in [-0.25, -0.2) is 4.79 Å². The molecule has 1 amide bonds. The van der Waals surface area contributed by atoms with E-state index in [1.54, 1.807) is 0 Å². The zero-order valence-corrected chi connectivity index (χ0v) is 15.2. The van der Waals surface area contributed by atoms with Crippen molar-refractivity contribution in [3.8, 4) is 5.75 Å². The molecule has 0 aromatic heterocycles. The van der Waals surface area contributed by atoms with Crippen LogP contribution in [0.3, 0.4) is 0 Å². The highest BCUT2D eigenvalue weighted by molar-refractivity contribution is 6.30. The van der Waals surface area contributed by atoms with Crippen molar-refractivity contribution in [1.29, 1.82) is 0 Å². The Bertz CT molecular complexity index is 584. The lowest BCUT2D eigenvalue weighted by molar-refractivity contribution is -0.657. The summed E-state index contributed by atoms with van der Waals surface area (Å²) in [5.41, 5.74) is 4.90. The molecule has 1 aliphatic rings. The van der Waals surface area contributed by atoms with Crippen LogP contribution < -0.4 is 15.8 Å². The van der Waals surface area contributed by atoms with Gasteiger partial charge in [-0.3, -0.25) is 4.79 Å². The third kappa shape index (κ3) is 8.93. The summed E-state index contributed by atoms with van der Waals surface area (Å²) in [5, 5.41) is 19.7. The van der Waals surface area contributed by atoms with Gasteiger partial charge in [0.1, 0.15) is 5.75 Å². The minimum atomic E-state index is -3.05. The minimum absolute atomic E-state index is 0.00606. The number of ether oxygens (including phenoxy) is 1. The van der Waals surface area contributed by atoms with Crippen molar-refractivity contribution in [3.05, 3.63) is 28.8 Å². The van der Waals surface area contributed by atoms with Crippen molar-refractivity contribution in [2.45, 2.75) is 45.4 Å². The quantitative estimate of drug-likeness (QED) is 0.595. The van der Waals surface area contributed by atoms with E-state index in [0.29, 0.717) is 0 Å². The second-order valence-corrected chi connectivity index (χ2v) is 5.45. The van der Waals surface area contributed by atoms with E-state index in [0.717, 1.165) is 37.6 Å². The van der Waals surface area contributed by atoms with Gasteiger partial charge in [-0.1, -0.05) is 25.4 Å². The normalized spacial score (nSPS) is 16.7. The molecular formula is C16H24ClF2N2O5+. The van der Waals surface area contributed by atoms with E-state index in [1.165, 1.54) is 0 Å². The van der Waals surface area contributed by atoms with Crippen molar-refractivity contribution >= 4 is 23.5 Å². The fraction of sp³-hybridized carbons (Fsp3) is 0.500. The summed E-state index contributed by atoms with van der Waals surface area (Å²) in [6, 6.07) is 3.30. The number of carboxylic acids is 1. The Morgan fingerprint density at radius 3 is 2.35 bits per heavy atom. The molecule has 7 nitrogen and oxygen atoms in total. The smallest absolute Gasteiger partial charge is 0.387 e. The molecule has 1 heterocycles. The first-order chi connectivity index (χ1) is 12.2. The van der Waals surface area contributed by atoms with E-state index < -0.39 is 18.7 Å². The Morgan fingerprint density at radius 2 is 1.96 bits per heavy atom. The number of aliphatic hydroxyl groups excluding tert-OH is 1. The number of halogens is 3. The van der Waals surface area contributed by atoms with Gasteiger partial charge < -0.3 is 26.0 Å². The molecule has 6 N–H and O–H groups in total. The molecule has 2 rings (SSSR count). The van der Waals surface area contributed by atoms with Gasteiger partial charge in [0.05, 0.1) is 6.54 Å². The molecular weight excluding hydrogens is 374 g/mol. The first-order valence-corrected chi connectivity index (χ1v) is 8.37. The van der Waals surface area contributed by atoms with E-state index in [4.69, 9.17) is 22.4 Å². The summed E-state index contributed by atoms with van der Waals surface area (Å²) in [5.74, 6) is -1.98. The van der Waals surface area contributed by atoms with Gasteiger partial charge in [0, 0.05) is 17.9 Å². The molecule has 0 saturated carbocycles. The molecule has 1 unspecified atom stereocenters. The Morgan fingerprint density at radius 1 is 1.35 bits per heavy atom. The monoisotopic (exact) mass is 397 g/mol. The first kappa shape index (κ1) is 24.0. The number of carbonyl (C=O) groups excluding carboxylic acids is 1. The molecule has 1 fully saturated rings. The highest BCUT2D eigenvalue weighted by Gasteiger charge is 2.22. The lowest BCUT2D eigenvalue weighted by atomic mass is 10.1. The van der Waals surface area contributed by atoms with Crippen molar-refractivity contribution in [2.75, 3.05) is 6.54 Å². The number of hydrogen-bond acceptors (Lipinski definition) is 4. The van der Waals surface area contributed by atoms with Crippen LogP contribution in [0, 0.1) is 0 Å². The second kappa shape index (κ2) is 12.4. The zero-order valence-electron chi connectivity index (χ0n) is 14.5. The summed E-state index contributed by atoms with van der Waals surface area (Å²) in [4.78, 5) is 20.9. The van der Waals surface area contributed by atoms with Crippen LogP contribution in [0.25, 0.3) is 0 Å². The maximum absolute atomic E-state index is 11.9. The number of rotatable bonds is 5. The number of amides is 1. The number of alkyl halides is 2. The maximum Gasteiger partial charge on any atom is 0.387 e. The Hall–Kier alpha value is -1.97. The Balaban J connectivity index is 0.000000522. The summed E-state index contributed by atoms with van der Waals surface area (Å²) < 4.78 is 27.8. The van der Waals surface area contributed by atoms with Crippen LogP contribution in [-0.2, 0) is 9.59 Å². The Kier molecular flexibility index (Phi) is 11.5. The molecule has 1 aromatic carbocycles. The molecule has 26 heavy (non-hydrogen) atoms. The molecule has 148 valence electrons. The molecule has 0 radical (unpaired) electrons. The number of aliphatic hydroxyl groups is 1. The SMILES string of the molecule is CC.NC(=O)[C@H]1CCC[NH2+]1.O=C(O)C(O)c1cc(Cl)cc(OC(F)F)c1. The molecule has 10 heteroatoms. The second-order valence-electron chi connectivity index (χ2n) is 5.02. The lowest BCUT2D eigenvalue weighted by Gasteiger charge is -2.10. The number of carboxylic acid groups (broad SMARTS) is 1. The average Bonchev–Trinajstić information content (AvgIpc) is 3.10. The summed E-state index contributed by atoms with van der Waals surface area (Å²) in [7, 11) is 0. The van der Waals surface area contributed by atoms with Gasteiger partial charge in [-0.15, -0.1) is 0 Å². The number of benzene rings is 1. The molecule has 2 atom stereocenters. The van der Waals surface area contributed by atoms with Crippen molar-refractivity contribution in [1.82, 2.24) is 0 Å². The van der Waals surface area contributed by atoms with Gasteiger partial charge in [0.2, 0.25) is 0 Å². The van der Waals surface area contributed by atoms with Crippen molar-refractivity contribution in [3.63, 3.8) is 0 Å². The summed E-state index contributed by atoms with van der Waals surface area (Å²) >= 11 is 5.55. The predicted molar refractivity (Wildman–Crippen MR) is 91.0 cm³/mol. The highest BCUT2D eigenvalue weighted by Crippen LogP contribution is 2.26. The fourth-order valence-electron chi connectivity index (χ4n) is 2.09. The number of nitrogens with two attached hydrogens (primary N) is 2. The third-order valence-corrected chi connectivity index (χ3v) is 3.42. The lowest BCUT2D eigenvalue weighted by Crippen LogP contribution is -2.89. The number of quaternary nitrogens is 1. The predicted octanol–water partition coefficient (Wildman–Crippen LogP) is 1.28. The van der Waals surface area contributed by atoms with Crippen LogP contribution in [-0.4, -0.2) is 41.3 Å². The number of aliphatic carboxylic acids is 1. The summed E-state index contributed by atoms with van der Waals surface area (Å²) in [6.45, 7) is 2.02. The maximum atomic E-state index is 11.9. The first-order valence-electron chi connectivity index (χ1n) is 7.99. The Labute approximate surface area is 155 Å². The molecule has 0 aliphatic carbocycles. The van der Waals surface area contributed by atoms with Gasteiger partial charge >= 0.3 is 12.6 Å². The topological polar surface area (TPSA) is 126 Å². The number of primary amides is 1. The largest absolute Gasteiger partial charge is 0.479 e. The minimum Gasteiger partial charge on any atom is -0.479 e. The van der Waals surface area contributed by atoms with Gasteiger partial charge in [0.25, 0.3) is 5.91 Å². The zero-order chi connectivity index (χ0) is 20.3. The summed E-state index contributed by atoms with van der Waals surface area (Å²) in [6.07, 6.45) is 0.266. The van der Waals surface area contributed by atoms with Gasteiger partial charge in [-0.05, 0) is 23.8 Å². The fourth-order valence-corrected chi connectivity index (χ4v) is 2.32. The van der Waals surface area contributed by atoms with E-state index in [2.05, 4.69) is 4.74 Å². The van der Waals surface area contributed by atoms with Crippen LogP contribution in [0.4, 0.5) is 8.78 Å². The van der Waals surface area contributed by atoms with E-state index >= 15 is 0 Å². The van der Waals surface area contributed by atoms with Crippen LogP contribution in [0.5, 0.6) is 5.75 Å². The van der Waals surface area contributed by atoms with Crippen LogP contribution in [0.15, 0.2) is 18.2 Å².